The highest BCUT2D eigenvalue weighted by molar-refractivity contribution is 9.09. The maximum atomic E-state index is 12.8. The summed E-state index contributed by atoms with van der Waals surface area (Å²) in [5, 5.41) is 0. The van der Waals surface area contributed by atoms with E-state index in [-0.39, 0.29) is 11.6 Å². The molecule has 2 nitrogen and oxygen atoms in total. The lowest BCUT2D eigenvalue weighted by Crippen LogP contribution is -2.34. The summed E-state index contributed by atoms with van der Waals surface area (Å²) >= 11 is 3.63. The standard InChI is InChI=1S/C15H19BrFNO/c16-13-7-10-18(11-8-13)9-1-2-15(19)12-3-5-14(17)6-4-12/h3-6,13H,1-2,7-11H2. The van der Waals surface area contributed by atoms with Crippen molar-refractivity contribution in [3.8, 4) is 0 Å². The van der Waals surface area contributed by atoms with E-state index < -0.39 is 0 Å². The van der Waals surface area contributed by atoms with Gasteiger partial charge < -0.3 is 4.90 Å². The average Bonchev–Trinajstić information content (AvgIpc) is 2.41. The second kappa shape index (κ2) is 7.15. The number of nitrogens with zero attached hydrogens (tertiary/aromatic N) is 1. The molecule has 1 aromatic rings. The van der Waals surface area contributed by atoms with Gasteiger partial charge in [-0.3, -0.25) is 4.79 Å². The van der Waals surface area contributed by atoms with Crippen LogP contribution in [0.1, 0.15) is 36.0 Å². The summed E-state index contributed by atoms with van der Waals surface area (Å²) in [6.07, 6.45) is 3.79. The summed E-state index contributed by atoms with van der Waals surface area (Å²) in [5.74, 6) is -0.190. The van der Waals surface area contributed by atoms with E-state index in [0.29, 0.717) is 16.8 Å². The van der Waals surface area contributed by atoms with Gasteiger partial charge in [-0.25, -0.2) is 4.39 Å². The number of alkyl halides is 1. The predicted molar refractivity (Wildman–Crippen MR) is 78.4 cm³/mol. The largest absolute Gasteiger partial charge is 0.303 e. The van der Waals surface area contributed by atoms with Crippen LogP contribution in [0.2, 0.25) is 0 Å². The molecule has 0 N–H and O–H groups in total. The van der Waals surface area contributed by atoms with Crippen LogP contribution in [0.5, 0.6) is 0 Å². The number of likely N-dealkylation sites (tertiary alicyclic amines) is 1. The summed E-state index contributed by atoms with van der Waals surface area (Å²) in [6.45, 7) is 3.20. The van der Waals surface area contributed by atoms with Crippen LogP contribution in [0, 0.1) is 5.82 Å². The van der Waals surface area contributed by atoms with Crippen LogP contribution >= 0.6 is 15.9 Å². The second-order valence-corrected chi connectivity index (χ2v) is 6.34. The minimum Gasteiger partial charge on any atom is -0.303 e. The maximum Gasteiger partial charge on any atom is 0.162 e. The van der Waals surface area contributed by atoms with Crippen molar-refractivity contribution < 1.29 is 9.18 Å². The Kier molecular flexibility index (Phi) is 5.52. The maximum absolute atomic E-state index is 12.8. The van der Waals surface area contributed by atoms with E-state index in [1.165, 1.54) is 25.0 Å². The van der Waals surface area contributed by atoms with Gasteiger partial charge in [-0.05, 0) is 63.2 Å². The first kappa shape index (κ1) is 14.7. The predicted octanol–water partition coefficient (Wildman–Crippen LogP) is 3.65. The molecule has 19 heavy (non-hydrogen) atoms. The lowest BCUT2D eigenvalue weighted by molar-refractivity contribution is 0.0973. The molecule has 0 bridgehead atoms. The van der Waals surface area contributed by atoms with Crippen molar-refractivity contribution >= 4 is 21.7 Å². The molecule has 0 unspecified atom stereocenters. The smallest absolute Gasteiger partial charge is 0.162 e. The van der Waals surface area contributed by atoms with Crippen molar-refractivity contribution in [3.63, 3.8) is 0 Å². The van der Waals surface area contributed by atoms with Crippen molar-refractivity contribution in [1.82, 2.24) is 4.90 Å². The van der Waals surface area contributed by atoms with Crippen molar-refractivity contribution in [2.24, 2.45) is 0 Å². The zero-order valence-corrected chi connectivity index (χ0v) is 12.5. The molecule has 0 radical (unpaired) electrons. The van der Waals surface area contributed by atoms with Gasteiger partial charge in [0.25, 0.3) is 0 Å². The van der Waals surface area contributed by atoms with E-state index in [9.17, 15) is 9.18 Å². The van der Waals surface area contributed by atoms with Crippen LogP contribution in [-0.4, -0.2) is 35.1 Å². The molecule has 1 aromatic carbocycles. The Balaban J connectivity index is 1.70. The Labute approximate surface area is 122 Å². The zero-order chi connectivity index (χ0) is 13.7. The number of hydrogen-bond donors (Lipinski definition) is 0. The third-order valence-corrected chi connectivity index (χ3v) is 4.48. The fourth-order valence-corrected chi connectivity index (χ4v) is 2.78. The van der Waals surface area contributed by atoms with Crippen molar-refractivity contribution in [2.45, 2.75) is 30.5 Å². The topological polar surface area (TPSA) is 20.3 Å². The first-order valence-corrected chi connectivity index (χ1v) is 7.72. The number of ketones is 1. The lowest BCUT2D eigenvalue weighted by Gasteiger charge is -2.29. The van der Waals surface area contributed by atoms with E-state index in [1.54, 1.807) is 12.1 Å². The molecule has 0 amide bonds. The number of Topliss-reactive ketones (excluding diaryl/α,β-unsaturated/α-hetero) is 1. The highest BCUT2D eigenvalue weighted by Gasteiger charge is 2.16. The van der Waals surface area contributed by atoms with E-state index >= 15 is 0 Å². The lowest BCUT2D eigenvalue weighted by atomic mass is 10.1. The van der Waals surface area contributed by atoms with Gasteiger partial charge >= 0.3 is 0 Å². The first-order valence-electron chi connectivity index (χ1n) is 6.80. The molecule has 0 aromatic heterocycles. The molecule has 1 aliphatic rings. The number of hydrogen-bond acceptors (Lipinski definition) is 2. The Bertz CT molecular complexity index is 413. The van der Waals surface area contributed by atoms with Crippen molar-refractivity contribution in [2.75, 3.05) is 19.6 Å². The molecule has 0 aliphatic carbocycles. The average molecular weight is 328 g/mol. The molecule has 1 saturated heterocycles. The third-order valence-electron chi connectivity index (χ3n) is 3.56. The zero-order valence-electron chi connectivity index (χ0n) is 10.9. The highest BCUT2D eigenvalue weighted by atomic mass is 79.9. The quantitative estimate of drug-likeness (QED) is 0.607. The fraction of sp³-hybridized carbons (Fsp3) is 0.533. The van der Waals surface area contributed by atoms with Gasteiger partial charge in [0, 0.05) is 16.8 Å². The number of carbonyl (C=O) groups is 1. The summed E-state index contributed by atoms with van der Waals surface area (Å²) < 4.78 is 12.8. The Morgan fingerprint density at radius 3 is 2.53 bits per heavy atom. The fourth-order valence-electron chi connectivity index (χ4n) is 2.37. The molecule has 0 saturated carbocycles. The normalized spacial score (nSPS) is 17.6. The minimum absolute atomic E-state index is 0.107. The minimum atomic E-state index is -0.297. The molecule has 104 valence electrons. The van der Waals surface area contributed by atoms with Gasteiger partial charge in [-0.15, -0.1) is 0 Å². The number of piperidine rings is 1. The van der Waals surface area contributed by atoms with Gasteiger partial charge in [0.2, 0.25) is 0 Å². The molecule has 2 rings (SSSR count). The first-order chi connectivity index (χ1) is 9.15. The van der Waals surface area contributed by atoms with Gasteiger partial charge in [-0.1, -0.05) is 15.9 Å². The summed E-state index contributed by atoms with van der Waals surface area (Å²) in [5.41, 5.74) is 0.612. The van der Waals surface area contributed by atoms with Gasteiger partial charge in [0.15, 0.2) is 5.78 Å². The van der Waals surface area contributed by atoms with E-state index in [1.807, 2.05) is 0 Å². The van der Waals surface area contributed by atoms with Crippen LogP contribution in [0.25, 0.3) is 0 Å². The van der Waals surface area contributed by atoms with E-state index in [4.69, 9.17) is 0 Å². The summed E-state index contributed by atoms with van der Waals surface area (Å²) in [7, 11) is 0. The molecule has 1 aliphatic heterocycles. The van der Waals surface area contributed by atoms with Crippen molar-refractivity contribution in [3.05, 3.63) is 35.6 Å². The van der Waals surface area contributed by atoms with Crippen LogP contribution < -0.4 is 0 Å². The molecular formula is C15H19BrFNO. The van der Waals surface area contributed by atoms with Gasteiger partial charge in [0.1, 0.15) is 5.82 Å². The molecule has 0 atom stereocenters. The van der Waals surface area contributed by atoms with Gasteiger partial charge in [0.05, 0.1) is 0 Å². The van der Waals surface area contributed by atoms with E-state index in [2.05, 4.69) is 20.8 Å². The number of carbonyl (C=O) groups excluding carboxylic acids is 1. The highest BCUT2D eigenvalue weighted by Crippen LogP contribution is 2.17. The van der Waals surface area contributed by atoms with Crippen molar-refractivity contribution in [1.29, 1.82) is 0 Å². The number of rotatable bonds is 5. The Morgan fingerprint density at radius 1 is 1.26 bits per heavy atom. The summed E-state index contributed by atoms with van der Waals surface area (Å²) in [6, 6.07) is 5.81. The summed E-state index contributed by atoms with van der Waals surface area (Å²) in [4.78, 5) is 15.0. The molecule has 1 fully saturated rings. The molecule has 0 spiro atoms. The number of halogens is 2. The molecular weight excluding hydrogens is 309 g/mol. The SMILES string of the molecule is O=C(CCCN1CCC(Br)CC1)c1ccc(F)cc1. The molecule has 1 heterocycles. The van der Waals surface area contributed by atoms with Crippen LogP contribution in [0.3, 0.4) is 0 Å². The van der Waals surface area contributed by atoms with Crippen LogP contribution in [0.4, 0.5) is 4.39 Å². The second-order valence-electron chi connectivity index (χ2n) is 5.05. The third kappa shape index (κ3) is 4.69. The Hall–Kier alpha value is -0.740. The van der Waals surface area contributed by atoms with Gasteiger partial charge in [-0.2, -0.15) is 0 Å². The van der Waals surface area contributed by atoms with Crippen LogP contribution in [0.15, 0.2) is 24.3 Å². The monoisotopic (exact) mass is 327 g/mol. The number of benzene rings is 1. The van der Waals surface area contributed by atoms with E-state index in [0.717, 1.165) is 26.1 Å². The Morgan fingerprint density at radius 2 is 1.89 bits per heavy atom. The molecule has 4 heteroatoms. The van der Waals surface area contributed by atoms with Crippen LogP contribution in [-0.2, 0) is 0 Å².